The molecule has 0 saturated heterocycles. The zero-order valence-electron chi connectivity index (χ0n) is 15.4. The van der Waals surface area contributed by atoms with E-state index in [0.29, 0.717) is 10.7 Å². The van der Waals surface area contributed by atoms with Crippen LogP contribution in [0.1, 0.15) is 25.8 Å². The maximum absolute atomic E-state index is 13.0. The lowest BCUT2D eigenvalue weighted by molar-refractivity contribution is -0.117. The molecule has 0 aliphatic carbocycles. The Balaban J connectivity index is 2.46. The Morgan fingerprint density at radius 2 is 1.81 bits per heavy atom. The molecular weight excluding hydrogens is 407 g/mol. The van der Waals surface area contributed by atoms with Crippen LogP contribution >= 0.6 is 23.2 Å². The largest absolute Gasteiger partial charge is 0.324 e. The van der Waals surface area contributed by atoms with Crippen LogP contribution in [0.2, 0.25) is 10.0 Å². The molecule has 0 aliphatic rings. The first kappa shape index (κ1) is 21.5. The number of para-hydroxylation sites is 1. The monoisotopic (exact) mass is 428 g/mol. The minimum atomic E-state index is -3.79. The molecule has 0 spiro atoms. The first-order chi connectivity index (χ1) is 12.7. The smallest absolute Gasteiger partial charge is 0.248 e. The van der Waals surface area contributed by atoms with E-state index in [4.69, 9.17) is 23.2 Å². The van der Waals surface area contributed by atoms with Crippen molar-refractivity contribution in [3.05, 3.63) is 58.1 Å². The first-order valence-electron chi connectivity index (χ1n) is 8.52. The Bertz CT molecular complexity index is 932. The molecule has 5 nitrogen and oxygen atoms in total. The molecule has 1 atom stereocenters. The summed E-state index contributed by atoms with van der Waals surface area (Å²) in [5.74, 6) is -0.431. The lowest BCUT2D eigenvalue weighted by Crippen LogP contribution is -2.47. The third-order valence-electron chi connectivity index (χ3n) is 4.13. The van der Waals surface area contributed by atoms with Crippen LogP contribution in [0.3, 0.4) is 0 Å². The van der Waals surface area contributed by atoms with Gasteiger partial charge in [0.25, 0.3) is 0 Å². The molecule has 0 fully saturated rings. The molecule has 0 unspecified atom stereocenters. The number of sulfonamides is 1. The molecule has 0 saturated carbocycles. The van der Waals surface area contributed by atoms with Gasteiger partial charge in [-0.05, 0) is 42.7 Å². The van der Waals surface area contributed by atoms with Gasteiger partial charge in [0, 0.05) is 10.7 Å². The Morgan fingerprint density at radius 3 is 2.41 bits per heavy atom. The number of rotatable bonds is 7. The van der Waals surface area contributed by atoms with Crippen LogP contribution in [0.4, 0.5) is 11.4 Å². The molecule has 2 rings (SSSR count). The lowest BCUT2D eigenvalue weighted by atomic mass is 10.1. The van der Waals surface area contributed by atoms with E-state index in [0.717, 1.165) is 22.5 Å². The quantitative estimate of drug-likeness (QED) is 0.692. The zero-order valence-corrected chi connectivity index (χ0v) is 17.7. The van der Waals surface area contributed by atoms with Gasteiger partial charge in [-0.15, -0.1) is 0 Å². The van der Waals surface area contributed by atoms with E-state index in [1.165, 1.54) is 12.1 Å². The predicted octanol–water partition coefficient (Wildman–Crippen LogP) is 4.74. The standard InChI is InChI=1S/C19H22Cl2N2O3S/c1-4-13-8-6-7-9-16(13)22-19(24)17(5-2)23(27(3,25)26)18-12-14(20)10-11-15(18)21/h6-12,17H,4-5H2,1-3H3,(H,22,24)/t17-/m0/s1. The summed E-state index contributed by atoms with van der Waals surface area (Å²) in [6, 6.07) is 11.0. The number of anilines is 2. The van der Waals surface area contributed by atoms with Gasteiger partial charge in [-0.2, -0.15) is 0 Å². The molecule has 27 heavy (non-hydrogen) atoms. The molecule has 0 aliphatic heterocycles. The molecule has 0 radical (unpaired) electrons. The number of hydrogen-bond donors (Lipinski definition) is 1. The Hall–Kier alpha value is -1.76. The minimum absolute atomic E-state index is 0.178. The van der Waals surface area contributed by atoms with Crippen LogP contribution < -0.4 is 9.62 Å². The average Bonchev–Trinajstić information content (AvgIpc) is 2.61. The van der Waals surface area contributed by atoms with Crippen molar-refractivity contribution in [1.82, 2.24) is 0 Å². The number of amides is 1. The van der Waals surface area contributed by atoms with Gasteiger partial charge in [0.1, 0.15) is 6.04 Å². The van der Waals surface area contributed by atoms with E-state index in [1.807, 2.05) is 25.1 Å². The number of halogens is 2. The van der Waals surface area contributed by atoms with E-state index < -0.39 is 22.0 Å². The summed E-state index contributed by atoms with van der Waals surface area (Å²) in [6.07, 6.45) is 2.04. The number of carbonyl (C=O) groups excluding carboxylic acids is 1. The van der Waals surface area contributed by atoms with Crippen molar-refractivity contribution in [2.24, 2.45) is 0 Å². The number of nitrogens with zero attached hydrogens (tertiary/aromatic N) is 1. The van der Waals surface area contributed by atoms with Crippen LogP contribution in [-0.4, -0.2) is 26.6 Å². The molecule has 2 aromatic carbocycles. The molecular formula is C19H22Cl2N2O3S. The highest BCUT2D eigenvalue weighted by Gasteiger charge is 2.33. The SMILES string of the molecule is CCc1ccccc1NC(=O)[C@H](CC)N(c1cc(Cl)ccc1Cl)S(C)(=O)=O. The zero-order chi connectivity index (χ0) is 20.2. The Kier molecular flexibility index (Phi) is 7.14. The van der Waals surface area contributed by atoms with Crippen molar-refractivity contribution >= 4 is 50.5 Å². The summed E-state index contributed by atoms with van der Waals surface area (Å²) in [6.45, 7) is 3.73. The molecule has 2 aromatic rings. The van der Waals surface area contributed by atoms with Gasteiger partial charge < -0.3 is 5.32 Å². The van der Waals surface area contributed by atoms with E-state index in [-0.39, 0.29) is 17.1 Å². The minimum Gasteiger partial charge on any atom is -0.324 e. The fourth-order valence-corrected chi connectivity index (χ4v) is 4.50. The van der Waals surface area contributed by atoms with Gasteiger partial charge in [0.15, 0.2) is 0 Å². The highest BCUT2D eigenvalue weighted by Crippen LogP contribution is 2.33. The Morgan fingerprint density at radius 1 is 1.15 bits per heavy atom. The summed E-state index contributed by atoms with van der Waals surface area (Å²) < 4.78 is 26.1. The fraction of sp³-hybridized carbons (Fsp3) is 0.316. The summed E-state index contributed by atoms with van der Waals surface area (Å²) in [4.78, 5) is 13.0. The molecule has 0 bridgehead atoms. The van der Waals surface area contributed by atoms with Crippen LogP contribution in [0.5, 0.6) is 0 Å². The molecule has 146 valence electrons. The average molecular weight is 429 g/mol. The van der Waals surface area contributed by atoms with Crippen LogP contribution in [0.25, 0.3) is 0 Å². The second-order valence-electron chi connectivity index (χ2n) is 6.08. The van der Waals surface area contributed by atoms with Crippen LogP contribution in [0.15, 0.2) is 42.5 Å². The third-order valence-corrected chi connectivity index (χ3v) is 5.85. The highest BCUT2D eigenvalue weighted by molar-refractivity contribution is 7.92. The summed E-state index contributed by atoms with van der Waals surface area (Å²) in [7, 11) is -3.79. The number of aryl methyl sites for hydroxylation is 1. The number of nitrogens with one attached hydrogen (secondary N) is 1. The Labute approximate surface area is 170 Å². The van der Waals surface area contributed by atoms with Gasteiger partial charge in [-0.1, -0.05) is 55.2 Å². The maximum atomic E-state index is 13.0. The highest BCUT2D eigenvalue weighted by atomic mass is 35.5. The second-order valence-corrected chi connectivity index (χ2v) is 8.78. The van der Waals surface area contributed by atoms with Crippen molar-refractivity contribution in [3.63, 3.8) is 0 Å². The molecule has 0 heterocycles. The van der Waals surface area contributed by atoms with E-state index in [9.17, 15) is 13.2 Å². The van der Waals surface area contributed by atoms with Crippen molar-refractivity contribution in [1.29, 1.82) is 0 Å². The second kappa shape index (κ2) is 8.95. The van der Waals surface area contributed by atoms with Gasteiger partial charge >= 0.3 is 0 Å². The lowest BCUT2D eigenvalue weighted by Gasteiger charge is -2.31. The molecule has 1 N–H and O–H groups in total. The van der Waals surface area contributed by atoms with Gasteiger partial charge in [0.2, 0.25) is 15.9 Å². The van der Waals surface area contributed by atoms with Crippen molar-refractivity contribution < 1.29 is 13.2 Å². The summed E-state index contributed by atoms with van der Waals surface area (Å²) in [5, 5.41) is 3.38. The molecule has 1 amide bonds. The number of benzene rings is 2. The van der Waals surface area contributed by atoms with E-state index >= 15 is 0 Å². The van der Waals surface area contributed by atoms with Crippen molar-refractivity contribution in [3.8, 4) is 0 Å². The maximum Gasteiger partial charge on any atom is 0.248 e. The summed E-state index contributed by atoms with van der Waals surface area (Å²) >= 11 is 12.2. The van der Waals surface area contributed by atoms with Crippen LogP contribution in [0, 0.1) is 0 Å². The van der Waals surface area contributed by atoms with Crippen molar-refractivity contribution in [2.45, 2.75) is 32.7 Å². The predicted molar refractivity (Wildman–Crippen MR) is 112 cm³/mol. The topological polar surface area (TPSA) is 66.5 Å². The number of hydrogen-bond acceptors (Lipinski definition) is 3. The number of carbonyl (C=O) groups is 1. The van der Waals surface area contributed by atoms with Gasteiger partial charge in [-0.25, -0.2) is 8.42 Å². The fourth-order valence-electron chi connectivity index (χ4n) is 2.86. The first-order valence-corrected chi connectivity index (χ1v) is 11.1. The summed E-state index contributed by atoms with van der Waals surface area (Å²) in [5.41, 5.74) is 1.80. The van der Waals surface area contributed by atoms with E-state index in [1.54, 1.807) is 19.1 Å². The molecule has 8 heteroatoms. The third kappa shape index (κ3) is 5.15. The van der Waals surface area contributed by atoms with Crippen LogP contribution in [-0.2, 0) is 21.2 Å². The van der Waals surface area contributed by atoms with E-state index in [2.05, 4.69) is 5.32 Å². The van der Waals surface area contributed by atoms with Crippen molar-refractivity contribution in [2.75, 3.05) is 15.9 Å². The van der Waals surface area contributed by atoms with Gasteiger partial charge in [-0.3, -0.25) is 9.10 Å². The molecule has 0 aromatic heterocycles. The normalized spacial score (nSPS) is 12.5. The van der Waals surface area contributed by atoms with Gasteiger partial charge in [0.05, 0.1) is 17.0 Å².